The zero-order valence-corrected chi connectivity index (χ0v) is 15.6. The maximum Gasteiger partial charge on any atom is 0.131 e. The van der Waals surface area contributed by atoms with E-state index < -0.39 is 0 Å². The van der Waals surface area contributed by atoms with Crippen LogP contribution in [0.1, 0.15) is 34.7 Å². The molecule has 0 unspecified atom stereocenters. The molecule has 0 atom stereocenters. The van der Waals surface area contributed by atoms with Crippen LogP contribution in [0.25, 0.3) is 4.91 Å². The average molecular weight is 341 g/mol. The summed E-state index contributed by atoms with van der Waals surface area (Å²) in [5.74, 6) is -0.219. The number of anilines is 1. The molecule has 0 amide bonds. The minimum absolute atomic E-state index is 0.219. The summed E-state index contributed by atoms with van der Waals surface area (Å²) in [5, 5.41) is 2.05. The molecular weight excluding hydrogens is 317 g/mol. The second kappa shape index (κ2) is 7.71. The summed E-state index contributed by atoms with van der Waals surface area (Å²) in [7, 11) is 0. The number of allylic oxidation sites excluding steroid dienone is 1. The van der Waals surface area contributed by atoms with Gasteiger partial charge in [0.05, 0.1) is 0 Å². The van der Waals surface area contributed by atoms with E-state index in [1.165, 1.54) is 34.5 Å². The first-order chi connectivity index (χ1) is 11.3. The van der Waals surface area contributed by atoms with Crippen molar-refractivity contribution >= 4 is 22.4 Å². The molecule has 0 aliphatic rings. The number of benzene rings is 2. The third-order valence-corrected chi connectivity index (χ3v) is 5.05. The van der Waals surface area contributed by atoms with E-state index in [0.717, 1.165) is 28.1 Å². The van der Waals surface area contributed by atoms with Gasteiger partial charge in [0.2, 0.25) is 0 Å². The molecule has 0 fully saturated rings. The largest absolute Gasteiger partial charge is 0.399 e. The van der Waals surface area contributed by atoms with Gasteiger partial charge < -0.3 is 5.73 Å². The van der Waals surface area contributed by atoms with E-state index in [1.54, 1.807) is 6.07 Å². The van der Waals surface area contributed by atoms with Crippen molar-refractivity contribution in [2.45, 2.75) is 34.1 Å². The van der Waals surface area contributed by atoms with Gasteiger partial charge in [0.1, 0.15) is 5.82 Å². The molecule has 3 heteroatoms. The van der Waals surface area contributed by atoms with Gasteiger partial charge in [0, 0.05) is 16.2 Å². The third kappa shape index (κ3) is 4.51. The van der Waals surface area contributed by atoms with Crippen LogP contribution >= 0.6 is 11.8 Å². The van der Waals surface area contributed by atoms with Crippen LogP contribution < -0.4 is 5.73 Å². The van der Waals surface area contributed by atoms with Crippen LogP contribution in [0.3, 0.4) is 0 Å². The molecular formula is C21H24FNS. The average Bonchev–Trinajstić information content (AvgIpc) is 2.50. The van der Waals surface area contributed by atoms with Crippen LogP contribution in [0.2, 0.25) is 0 Å². The maximum atomic E-state index is 14.0. The van der Waals surface area contributed by atoms with Crippen molar-refractivity contribution < 1.29 is 4.39 Å². The summed E-state index contributed by atoms with van der Waals surface area (Å²) < 4.78 is 14.0. The molecule has 0 aromatic heterocycles. The van der Waals surface area contributed by atoms with Gasteiger partial charge in [-0.2, -0.15) is 0 Å². The molecule has 0 aliphatic carbocycles. The second-order valence-corrected chi connectivity index (χ2v) is 7.26. The van der Waals surface area contributed by atoms with Crippen LogP contribution in [0.5, 0.6) is 0 Å². The van der Waals surface area contributed by atoms with Gasteiger partial charge in [0.25, 0.3) is 0 Å². The zero-order chi connectivity index (χ0) is 17.9. The van der Waals surface area contributed by atoms with E-state index in [9.17, 15) is 4.39 Å². The predicted molar refractivity (Wildman–Crippen MR) is 106 cm³/mol. The molecule has 2 aromatic rings. The number of aryl methyl sites for hydroxylation is 3. The monoisotopic (exact) mass is 341 g/mol. The highest BCUT2D eigenvalue weighted by Gasteiger charge is 2.07. The Morgan fingerprint density at radius 2 is 1.88 bits per heavy atom. The SMILES string of the molecule is C=C(S/C=C(\C)Cc1cc(C)c(N)cc1C)c1ccc(C)cc1F. The van der Waals surface area contributed by atoms with Crippen LogP contribution in [-0.2, 0) is 6.42 Å². The molecule has 0 saturated carbocycles. The van der Waals surface area contributed by atoms with Gasteiger partial charge in [-0.05, 0) is 73.9 Å². The fourth-order valence-corrected chi connectivity index (χ4v) is 3.23. The summed E-state index contributed by atoms with van der Waals surface area (Å²) in [6.07, 6.45) is 0.851. The summed E-state index contributed by atoms with van der Waals surface area (Å²) in [6, 6.07) is 9.39. The van der Waals surface area contributed by atoms with Gasteiger partial charge in [-0.1, -0.05) is 42.1 Å². The van der Waals surface area contributed by atoms with Crippen LogP contribution in [0.15, 0.2) is 47.9 Å². The number of hydrogen-bond donors (Lipinski definition) is 1. The van der Waals surface area contributed by atoms with Crippen molar-refractivity contribution in [3.8, 4) is 0 Å². The zero-order valence-electron chi connectivity index (χ0n) is 14.7. The Balaban J connectivity index is 2.09. The van der Waals surface area contributed by atoms with Gasteiger partial charge in [-0.3, -0.25) is 0 Å². The van der Waals surface area contributed by atoms with E-state index in [-0.39, 0.29) is 5.82 Å². The number of halogens is 1. The standard InChI is InChI=1S/C21H24FNS/c1-13-6-7-19(20(22)9-13)17(5)24-12-14(2)8-18-10-16(4)21(23)11-15(18)3/h6-7,9-12H,5,8,23H2,1-4H3/b14-12+. The van der Waals surface area contributed by atoms with Gasteiger partial charge >= 0.3 is 0 Å². The quantitative estimate of drug-likeness (QED) is 0.657. The van der Waals surface area contributed by atoms with E-state index in [1.807, 2.05) is 31.4 Å². The number of nitrogens with two attached hydrogens (primary N) is 1. The predicted octanol–water partition coefficient (Wildman–Crippen LogP) is 6.18. The van der Waals surface area contributed by atoms with E-state index in [4.69, 9.17) is 5.73 Å². The van der Waals surface area contributed by atoms with Crippen LogP contribution in [0, 0.1) is 26.6 Å². The number of nitrogen functional groups attached to an aromatic ring is 1. The first kappa shape index (κ1) is 18.3. The normalized spacial score (nSPS) is 11.6. The van der Waals surface area contributed by atoms with Crippen molar-refractivity contribution in [3.63, 3.8) is 0 Å². The lowest BCUT2D eigenvalue weighted by Crippen LogP contribution is -1.97. The van der Waals surface area contributed by atoms with Crippen molar-refractivity contribution in [1.82, 2.24) is 0 Å². The number of hydrogen-bond acceptors (Lipinski definition) is 2. The topological polar surface area (TPSA) is 26.0 Å². The van der Waals surface area contributed by atoms with Crippen molar-refractivity contribution in [2.75, 3.05) is 5.73 Å². The smallest absolute Gasteiger partial charge is 0.131 e. The summed E-state index contributed by atoms with van der Waals surface area (Å²) in [5.41, 5.74) is 13.0. The summed E-state index contributed by atoms with van der Waals surface area (Å²) in [4.78, 5) is 0.719. The highest BCUT2D eigenvalue weighted by Crippen LogP contribution is 2.30. The van der Waals surface area contributed by atoms with Crippen LogP contribution in [0.4, 0.5) is 10.1 Å². The molecule has 0 saturated heterocycles. The Morgan fingerprint density at radius 3 is 2.54 bits per heavy atom. The van der Waals surface area contributed by atoms with E-state index in [0.29, 0.717) is 5.56 Å². The molecule has 0 aliphatic heterocycles. The van der Waals surface area contributed by atoms with Crippen molar-refractivity contribution in [2.24, 2.45) is 0 Å². The lowest BCUT2D eigenvalue weighted by molar-refractivity contribution is 0.623. The number of rotatable bonds is 5. The highest BCUT2D eigenvalue weighted by molar-refractivity contribution is 8.10. The van der Waals surface area contributed by atoms with Crippen molar-refractivity contribution in [3.05, 3.63) is 81.5 Å². The minimum atomic E-state index is -0.219. The van der Waals surface area contributed by atoms with Crippen LogP contribution in [-0.4, -0.2) is 0 Å². The molecule has 126 valence electrons. The molecule has 0 heterocycles. The first-order valence-electron chi connectivity index (χ1n) is 7.91. The lowest BCUT2D eigenvalue weighted by atomic mass is 9.99. The molecule has 0 spiro atoms. The second-order valence-electron chi connectivity index (χ2n) is 6.30. The molecule has 0 radical (unpaired) electrons. The molecule has 0 bridgehead atoms. The first-order valence-corrected chi connectivity index (χ1v) is 8.79. The molecule has 24 heavy (non-hydrogen) atoms. The Bertz CT molecular complexity index is 806. The lowest BCUT2D eigenvalue weighted by Gasteiger charge is -2.10. The molecule has 2 rings (SSSR count). The van der Waals surface area contributed by atoms with E-state index in [2.05, 4.69) is 26.5 Å². The van der Waals surface area contributed by atoms with Gasteiger partial charge in [0.15, 0.2) is 0 Å². The van der Waals surface area contributed by atoms with Crippen molar-refractivity contribution in [1.29, 1.82) is 0 Å². The molecule has 2 aromatic carbocycles. The summed E-state index contributed by atoms with van der Waals surface area (Å²) in [6.45, 7) is 12.1. The molecule has 1 nitrogen and oxygen atoms in total. The fraction of sp³-hybridized carbons (Fsp3) is 0.238. The summed E-state index contributed by atoms with van der Waals surface area (Å²) >= 11 is 1.47. The Hall–Kier alpha value is -2.00. The fourth-order valence-electron chi connectivity index (χ4n) is 2.51. The van der Waals surface area contributed by atoms with E-state index >= 15 is 0 Å². The maximum absolute atomic E-state index is 14.0. The minimum Gasteiger partial charge on any atom is -0.399 e. The van der Waals surface area contributed by atoms with Gasteiger partial charge in [-0.25, -0.2) is 4.39 Å². The Labute approximate surface area is 148 Å². The Morgan fingerprint density at radius 1 is 1.17 bits per heavy atom. The number of thioether (sulfide) groups is 1. The highest BCUT2D eigenvalue weighted by atomic mass is 32.2. The molecule has 2 N–H and O–H groups in total. The van der Waals surface area contributed by atoms with Gasteiger partial charge in [-0.15, -0.1) is 0 Å². The third-order valence-electron chi connectivity index (χ3n) is 4.02. The Kier molecular flexibility index (Phi) is 5.89.